The minimum absolute atomic E-state index is 0.386. The van der Waals surface area contributed by atoms with Crippen LogP contribution in [0.4, 0.5) is 5.82 Å². The van der Waals surface area contributed by atoms with E-state index in [4.69, 9.17) is 14.5 Å². The van der Waals surface area contributed by atoms with Gasteiger partial charge in [-0.05, 0) is 73.7 Å². The van der Waals surface area contributed by atoms with E-state index in [1.165, 1.54) is 24.8 Å². The van der Waals surface area contributed by atoms with Crippen LogP contribution in [0.5, 0.6) is 11.5 Å². The molecule has 6 heteroatoms. The van der Waals surface area contributed by atoms with E-state index in [0.29, 0.717) is 23.1 Å². The maximum atomic E-state index is 12.9. The topological polar surface area (TPSA) is 64.9 Å². The van der Waals surface area contributed by atoms with Gasteiger partial charge in [0.25, 0.3) is 0 Å². The molecule has 2 heterocycles. The van der Waals surface area contributed by atoms with Crippen molar-refractivity contribution in [3.05, 3.63) is 78.0 Å². The molecule has 1 saturated carbocycles. The van der Waals surface area contributed by atoms with Gasteiger partial charge in [0.15, 0.2) is 11.5 Å². The highest BCUT2D eigenvalue weighted by molar-refractivity contribution is 5.91. The molecule has 0 spiro atoms. The van der Waals surface area contributed by atoms with E-state index in [9.17, 15) is 4.79 Å². The highest BCUT2D eigenvalue weighted by Crippen LogP contribution is 2.37. The van der Waals surface area contributed by atoms with E-state index in [2.05, 4.69) is 16.6 Å². The molecule has 1 fully saturated rings. The highest BCUT2D eigenvalue weighted by Gasteiger charge is 2.21. The largest absolute Gasteiger partial charge is 0.493 e. The number of nitrogens with zero attached hydrogens (tertiary/aromatic N) is 2. The average molecular weight is 498 g/mol. The number of aryl methyl sites for hydroxylation is 1. The molecule has 1 aliphatic rings. The van der Waals surface area contributed by atoms with Crippen molar-refractivity contribution in [1.82, 2.24) is 9.38 Å². The lowest BCUT2D eigenvalue weighted by Crippen LogP contribution is -2.23. The third-order valence-corrected chi connectivity index (χ3v) is 7.12. The predicted molar refractivity (Wildman–Crippen MR) is 148 cm³/mol. The Balaban J connectivity index is 1.40. The predicted octanol–water partition coefficient (Wildman–Crippen LogP) is 7.32. The van der Waals surface area contributed by atoms with Crippen molar-refractivity contribution in [2.45, 2.75) is 64.3 Å². The molecular formula is C31H35N3O3. The van der Waals surface area contributed by atoms with Crippen LogP contribution in [-0.2, 0) is 6.42 Å². The summed E-state index contributed by atoms with van der Waals surface area (Å²) >= 11 is 0. The standard InChI is InChI=1S/C31H35N3O3/c1-3-4-10-22-14-16-23(17-15-22)31(35)37-26-19-18-24(21-27(26)36-2)29-30(32-25-11-6-5-7-12-25)34-20-9-8-13-28(34)33-29/h8-9,13-21,25,32H,3-7,10-12H2,1-2H3. The Morgan fingerprint density at radius 1 is 1.03 bits per heavy atom. The van der Waals surface area contributed by atoms with Gasteiger partial charge < -0.3 is 14.8 Å². The van der Waals surface area contributed by atoms with Crippen LogP contribution in [-0.4, -0.2) is 28.5 Å². The van der Waals surface area contributed by atoms with Crippen molar-refractivity contribution in [3.8, 4) is 22.8 Å². The van der Waals surface area contributed by atoms with Gasteiger partial charge in [0.2, 0.25) is 0 Å². The van der Waals surface area contributed by atoms with Crippen LogP contribution in [0.1, 0.15) is 67.8 Å². The van der Waals surface area contributed by atoms with Gasteiger partial charge in [-0.2, -0.15) is 0 Å². The summed E-state index contributed by atoms with van der Waals surface area (Å²) in [6.07, 6.45) is 11.5. The number of benzene rings is 2. The molecule has 0 atom stereocenters. The maximum absolute atomic E-state index is 12.9. The second-order valence-electron chi connectivity index (χ2n) is 9.77. The van der Waals surface area contributed by atoms with Crippen molar-refractivity contribution >= 4 is 17.4 Å². The molecule has 2 aromatic carbocycles. The van der Waals surface area contributed by atoms with Gasteiger partial charge in [-0.1, -0.05) is 50.8 Å². The molecule has 192 valence electrons. The van der Waals surface area contributed by atoms with E-state index in [-0.39, 0.29) is 0 Å². The fourth-order valence-electron chi connectivity index (χ4n) is 5.02. The Morgan fingerprint density at radius 2 is 1.84 bits per heavy atom. The lowest BCUT2D eigenvalue weighted by molar-refractivity contribution is 0.0729. The Hall–Kier alpha value is -3.80. The number of hydrogen-bond donors (Lipinski definition) is 1. The normalized spacial score (nSPS) is 14.0. The van der Waals surface area contributed by atoms with Crippen LogP contribution in [0.3, 0.4) is 0 Å². The first kappa shape index (κ1) is 24.9. The molecule has 0 radical (unpaired) electrons. The maximum Gasteiger partial charge on any atom is 0.343 e. The molecule has 0 bridgehead atoms. The summed E-state index contributed by atoms with van der Waals surface area (Å²) in [4.78, 5) is 17.8. The fourth-order valence-corrected chi connectivity index (χ4v) is 5.02. The summed E-state index contributed by atoms with van der Waals surface area (Å²) in [5.41, 5.74) is 4.39. The number of anilines is 1. The first-order valence-corrected chi connectivity index (χ1v) is 13.4. The number of fused-ring (bicyclic) bond motifs is 1. The Labute approximate surface area is 218 Å². The molecule has 5 rings (SSSR count). The van der Waals surface area contributed by atoms with Gasteiger partial charge in [0.1, 0.15) is 17.2 Å². The number of pyridine rings is 1. The van der Waals surface area contributed by atoms with Gasteiger partial charge in [0.05, 0.1) is 12.7 Å². The summed E-state index contributed by atoms with van der Waals surface area (Å²) in [5.74, 6) is 1.46. The molecule has 1 aliphatic carbocycles. The molecule has 1 N–H and O–H groups in total. The van der Waals surface area contributed by atoms with E-state index < -0.39 is 5.97 Å². The monoisotopic (exact) mass is 497 g/mol. The number of nitrogens with one attached hydrogen (secondary N) is 1. The number of unbranched alkanes of at least 4 members (excludes halogenated alkanes) is 1. The van der Waals surface area contributed by atoms with Gasteiger partial charge >= 0.3 is 5.97 Å². The van der Waals surface area contributed by atoms with Crippen LogP contribution in [0, 0.1) is 0 Å². The van der Waals surface area contributed by atoms with Crippen molar-refractivity contribution in [3.63, 3.8) is 0 Å². The summed E-state index contributed by atoms with van der Waals surface area (Å²) in [6, 6.07) is 19.7. The molecule has 6 nitrogen and oxygen atoms in total. The number of ether oxygens (including phenoxy) is 2. The SMILES string of the molecule is CCCCc1ccc(C(=O)Oc2ccc(-c3nc4ccccn4c3NC3CCCCC3)cc2OC)cc1. The molecule has 2 aromatic heterocycles. The third-order valence-electron chi connectivity index (χ3n) is 7.12. The van der Waals surface area contributed by atoms with Crippen LogP contribution in [0.15, 0.2) is 66.9 Å². The van der Waals surface area contributed by atoms with Crippen molar-refractivity contribution in [2.24, 2.45) is 0 Å². The van der Waals surface area contributed by atoms with Crippen molar-refractivity contribution in [1.29, 1.82) is 0 Å². The summed E-state index contributed by atoms with van der Waals surface area (Å²) < 4.78 is 13.5. The third kappa shape index (κ3) is 5.63. The Bertz CT molecular complexity index is 1350. The van der Waals surface area contributed by atoms with E-state index in [1.807, 2.05) is 60.8 Å². The molecule has 37 heavy (non-hydrogen) atoms. The minimum Gasteiger partial charge on any atom is -0.493 e. The van der Waals surface area contributed by atoms with Crippen LogP contribution >= 0.6 is 0 Å². The zero-order valence-electron chi connectivity index (χ0n) is 21.7. The lowest BCUT2D eigenvalue weighted by Gasteiger charge is -2.24. The second kappa shape index (κ2) is 11.5. The average Bonchev–Trinajstić information content (AvgIpc) is 3.31. The second-order valence-corrected chi connectivity index (χ2v) is 9.77. The van der Waals surface area contributed by atoms with Crippen molar-refractivity contribution < 1.29 is 14.3 Å². The molecule has 0 saturated heterocycles. The van der Waals surface area contributed by atoms with Gasteiger partial charge in [-0.25, -0.2) is 9.78 Å². The smallest absolute Gasteiger partial charge is 0.343 e. The van der Waals surface area contributed by atoms with Crippen LogP contribution in [0.2, 0.25) is 0 Å². The van der Waals surface area contributed by atoms with Crippen LogP contribution < -0.4 is 14.8 Å². The Kier molecular flexibility index (Phi) is 7.73. The zero-order chi connectivity index (χ0) is 25.6. The fraction of sp³-hybridized carbons (Fsp3) is 0.355. The first-order valence-electron chi connectivity index (χ1n) is 13.4. The quantitative estimate of drug-likeness (QED) is 0.194. The number of carbonyl (C=O) groups excluding carboxylic acids is 1. The van der Waals surface area contributed by atoms with Crippen molar-refractivity contribution in [2.75, 3.05) is 12.4 Å². The van der Waals surface area contributed by atoms with E-state index in [0.717, 1.165) is 54.8 Å². The van der Waals surface area contributed by atoms with Gasteiger partial charge in [-0.15, -0.1) is 0 Å². The van der Waals surface area contributed by atoms with Crippen LogP contribution in [0.25, 0.3) is 16.9 Å². The molecular weight excluding hydrogens is 462 g/mol. The number of carbonyl (C=O) groups is 1. The van der Waals surface area contributed by atoms with E-state index in [1.54, 1.807) is 13.2 Å². The number of aromatic nitrogens is 2. The summed E-state index contributed by atoms with van der Waals surface area (Å²) in [7, 11) is 1.59. The lowest BCUT2D eigenvalue weighted by atomic mass is 9.95. The molecule has 4 aromatic rings. The number of rotatable bonds is 9. The highest BCUT2D eigenvalue weighted by atomic mass is 16.6. The first-order chi connectivity index (χ1) is 18.2. The zero-order valence-corrected chi connectivity index (χ0v) is 21.7. The summed E-state index contributed by atoms with van der Waals surface area (Å²) in [6.45, 7) is 2.17. The molecule has 0 aliphatic heterocycles. The number of hydrogen-bond acceptors (Lipinski definition) is 5. The number of esters is 1. The van der Waals surface area contributed by atoms with Gasteiger partial charge in [0, 0.05) is 17.8 Å². The van der Waals surface area contributed by atoms with E-state index >= 15 is 0 Å². The van der Waals surface area contributed by atoms with Gasteiger partial charge in [-0.3, -0.25) is 4.40 Å². The number of imidazole rings is 1. The number of methoxy groups -OCH3 is 1. The summed E-state index contributed by atoms with van der Waals surface area (Å²) in [5, 5.41) is 3.77. The molecule has 0 amide bonds. The Morgan fingerprint density at radius 3 is 2.59 bits per heavy atom. The minimum atomic E-state index is -0.402. The molecule has 0 unspecified atom stereocenters.